The van der Waals surface area contributed by atoms with Crippen molar-refractivity contribution < 1.29 is 8.42 Å². The highest BCUT2D eigenvalue weighted by Gasteiger charge is 2.21. The number of sulfonamides is 1. The largest absolute Gasteiger partial charge is 0.398 e. The summed E-state index contributed by atoms with van der Waals surface area (Å²) in [6, 6.07) is 3.23. The molecule has 102 valence electrons. The Balaban J connectivity index is 3.13. The fraction of sp³-hybridized carbons (Fsp3) is 0.538. The molecule has 0 amide bonds. The van der Waals surface area contributed by atoms with E-state index in [1.54, 1.807) is 19.2 Å². The van der Waals surface area contributed by atoms with Crippen LogP contribution in [0.25, 0.3) is 0 Å². The molecule has 0 saturated heterocycles. The van der Waals surface area contributed by atoms with Crippen molar-refractivity contribution in [3.05, 3.63) is 23.3 Å². The van der Waals surface area contributed by atoms with Crippen LogP contribution in [0.1, 0.15) is 30.9 Å². The molecule has 1 aromatic rings. The molecule has 0 aliphatic heterocycles. The average molecular weight is 270 g/mol. The number of nitrogens with zero attached hydrogens (tertiary/aromatic N) is 1. The van der Waals surface area contributed by atoms with Crippen LogP contribution < -0.4 is 5.73 Å². The molecule has 0 atom stereocenters. The normalized spacial score (nSPS) is 12.1. The topological polar surface area (TPSA) is 63.4 Å². The van der Waals surface area contributed by atoms with E-state index in [0.29, 0.717) is 12.2 Å². The summed E-state index contributed by atoms with van der Waals surface area (Å²) in [5.41, 5.74) is 8.20. The second-order valence-electron chi connectivity index (χ2n) is 4.63. The first kappa shape index (κ1) is 15.0. The highest BCUT2D eigenvalue weighted by atomic mass is 32.2. The summed E-state index contributed by atoms with van der Waals surface area (Å²) in [6.07, 6.45) is 1.82. The van der Waals surface area contributed by atoms with Crippen molar-refractivity contribution in [2.45, 2.75) is 38.5 Å². The molecule has 0 saturated carbocycles. The lowest BCUT2D eigenvalue weighted by molar-refractivity contribution is 0.459. The van der Waals surface area contributed by atoms with Gasteiger partial charge in [0.15, 0.2) is 0 Å². The summed E-state index contributed by atoms with van der Waals surface area (Å²) in [4.78, 5) is 0.279. The Morgan fingerprint density at radius 1 is 1.28 bits per heavy atom. The molecule has 1 rings (SSSR count). The molecule has 4 nitrogen and oxygen atoms in total. The van der Waals surface area contributed by atoms with Gasteiger partial charge in [-0.3, -0.25) is 0 Å². The number of nitrogen functional groups attached to an aromatic ring is 1. The minimum atomic E-state index is -3.42. The van der Waals surface area contributed by atoms with Crippen LogP contribution in [0.3, 0.4) is 0 Å². The lowest BCUT2D eigenvalue weighted by Gasteiger charge is -2.18. The molecule has 2 N–H and O–H groups in total. The van der Waals surface area contributed by atoms with E-state index in [1.165, 1.54) is 4.31 Å². The zero-order valence-corrected chi connectivity index (χ0v) is 12.3. The molecule has 5 heteroatoms. The highest BCUT2D eigenvalue weighted by Crippen LogP contribution is 2.23. The highest BCUT2D eigenvalue weighted by molar-refractivity contribution is 7.89. The van der Waals surface area contributed by atoms with Crippen molar-refractivity contribution >= 4 is 15.7 Å². The Labute approximate surface area is 110 Å². The van der Waals surface area contributed by atoms with Crippen LogP contribution in [0.4, 0.5) is 5.69 Å². The number of aryl methyl sites for hydroxylation is 1. The first-order valence-electron chi connectivity index (χ1n) is 6.13. The fourth-order valence-corrected chi connectivity index (χ4v) is 3.01. The zero-order chi connectivity index (χ0) is 13.9. The first-order chi connectivity index (χ1) is 8.30. The van der Waals surface area contributed by atoms with Crippen LogP contribution in [0, 0.1) is 13.8 Å². The van der Waals surface area contributed by atoms with Crippen molar-refractivity contribution in [2.75, 3.05) is 19.3 Å². The van der Waals surface area contributed by atoms with Crippen LogP contribution in [0.5, 0.6) is 0 Å². The minimum absolute atomic E-state index is 0.279. The van der Waals surface area contributed by atoms with Gasteiger partial charge in [-0.25, -0.2) is 12.7 Å². The molecule has 1 aromatic carbocycles. The molecule has 0 unspecified atom stereocenters. The molecule has 0 radical (unpaired) electrons. The van der Waals surface area contributed by atoms with Gasteiger partial charge in [0, 0.05) is 19.3 Å². The Hall–Kier alpha value is -1.07. The monoisotopic (exact) mass is 270 g/mol. The number of hydrogen-bond acceptors (Lipinski definition) is 3. The molecular weight excluding hydrogens is 248 g/mol. The molecule has 0 aromatic heterocycles. The quantitative estimate of drug-likeness (QED) is 0.835. The number of anilines is 1. The Morgan fingerprint density at radius 2 is 1.89 bits per heavy atom. The van der Waals surface area contributed by atoms with Crippen molar-refractivity contribution in [2.24, 2.45) is 0 Å². The first-order valence-corrected chi connectivity index (χ1v) is 7.57. The van der Waals surface area contributed by atoms with E-state index >= 15 is 0 Å². The van der Waals surface area contributed by atoms with Gasteiger partial charge in [0.25, 0.3) is 0 Å². The summed E-state index contributed by atoms with van der Waals surface area (Å²) < 4.78 is 26.0. The third-order valence-corrected chi connectivity index (χ3v) is 5.05. The number of hydrogen-bond donors (Lipinski definition) is 1. The van der Waals surface area contributed by atoms with Crippen molar-refractivity contribution in [3.8, 4) is 0 Å². The van der Waals surface area contributed by atoms with E-state index in [1.807, 2.05) is 20.8 Å². The summed E-state index contributed by atoms with van der Waals surface area (Å²) in [5, 5.41) is 0. The van der Waals surface area contributed by atoms with Crippen LogP contribution in [-0.2, 0) is 10.0 Å². The van der Waals surface area contributed by atoms with E-state index in [4.69, 9.17) is 5.73 Å². The standard InChI is InChI=1S/C13H22N2O2S/c1-5-6-7-15(4)18(16,17)12-8-10(2)11(3)13(14)9-12/h8-9H,5-7,14H2,1-4H3. The molecule has 18 heavy (non-hydrogen) atoms. The third kappa shape index (κ3) is 3.03. The predicted molar refractivity (Wildman–Crippen MR) is 75.1 cm³/mol. The molecule has 0 spiro atoms. The molecule has 0 bridgehead atoms. The lowest BCUT2D eigenvalue weighted by atomic mass is 10.1. The molecule has 0 fully saturated rings. The number of unbranched alkanes of at least 4 members (excludes halogenated alkanes) is 1. The van der Waals surface area contributed by atoms with Gasteiger partial charge in [0.2, 0.25) is 10.0 Å². The Kier molecular flexibility index (Phi) is 4.76. The Bertz CT molecular complexity index is 501. The van der Waals surface area contributed by atoms with Gasteiger partial charge < -0.3 is 5.73 Å². The molecule has 0 aliphatic carbocycles. The number of rotatable bonds is 5. The van der Waals surface area contributed by atoms with E-state index in [-0.39, 0.29) is 4.90 Å². The van der Waals surface area contributed by atoms with Crippen LogP contribution in [0.15, 0.2) is 17.0 Å². The zero-order valence-electron chi connectivity index (χ0n) is 11.5. The second-order valence-corrected chi connectivity index (χ2v) is 6.68. The minimum Gasteiger partial charge on any atom is -0.398 e. The summed E-state index contributed by atoms with van der Waals surface area (Å²) in [5.74, 6) is 0. The van der Waals surface area contributed by atoms with E-state index in [2.05, 4.69) is 0 Å². The smallest absolute Gasteiger partial charge is 0.242 e. The second kappa shape index (κ2) is 5.71. The van der Waals surface area contributed by atoms with Crippen LogP contribution in [-0.4, -0.2) is 26.3 Å². The maximum Gasteiger partial charge on any atom is 0.242 e. The van der Waals surface area contributed by atoms with E-state index in [0.717, 1.165) is 24.0 Å². The lowest BCUT2D eigenvalue weighted by Crippen LogP contribution is -2.28. The van der Waals surface area contributed by atoms with Crippen LogP contribution in [0.2, 0.25) is 0 Å². The molecule has 0 heterocycles. The van der Waals surface area contributed by atoms with E-state index in [9.17, 15) is 8.42 Å². The van der Waals surface area contributed by atoms with Crippen molar-refractivity contribution in [1.82, 2.24) is 4.31 Å². The maximum atomic E-state index is 12.3. The SMILES string of the molecule is CCCCN(C)S(=O)(=O)c1cc(C)c(C)c(N)c1. The van der Waals surface area contributed by atoms with Gasteiger partial charge in [-0.05, 0) is 43.5 Å². The van der Waals surface area contributed by atoms with Gasteiger partial charge in [-0.1, -0.05) is 13.3 Å². The van der Waals surface area contributed by atoms with Gasteiger partial charge >= 0.3 is 0 Å². The van der Waals surface area contributed by atoms with Crippen molar-refractivity contribution in [3.63, 3.8) is 0 Å². The van der Waals surface area contributed by atoms with E-state index < -0.39 is 10.0 Å². The average Bonchev–Trinajstić information content (AvgIpc) is 2.32. The predicted octanol–water partition coefficient (Wildman–Crippen LogP) is 2.31. The Morgan fingerprint density at radius 3 is 2.39 bits per heavy atom. The number of benzene rings is 1. The van der Waals surface area contributed by atoms with Gasteiger partial charge in [0.1, 0.15) is 0 Å². The molecule has 0 aliphatic rings. The third-order valence-electron chi connectivity index (χ3n) is 3.22. The maximum absolute atomic E-state index is 12.3. The number of nitrogens with two attached hydrogens (primary N) is 1. The van der Waals surface area contributed by atoms with Gasteiger partial charge in [0.05, 0.1) is 4.90 Å². The summed E-state index contributed by atoms with van der Waals surface area (Å²) in [7, 11) is -1.81. The van der Waals surface area contributed by atoms with Crippen molar-refractivity contribution in [1.29, 1.82) is 0 Å². The van der Waals surface area contributed by atoms with Gasteiger partial charge in [-0.2, -0.15) is 0 Å². The van der Waals surface area contributed by atoms with Gasteiger partial charge in [-0.15, -0.1) is 0 Å². The summed E-state index contributed by atoms with van der Waals surface area (Å²) >= 11 is 0. The van der Waals surface area contributed by atoms with Crippen LogP contribution >= 0.6 is 0 Å². The summed E-state index contributed by atoms with van der Waals surface area (Å²) in [6.45, 7) is 6.33. The molecular formula is C13H22N2O2S. The fourth-order valence-electron chi connectivity index (χ4n) is 1.68.